The van der Waals surface area contributed by atoms with Crippen molar-refractivity contribution in [2.45, 2.75) is 18.9 Å². The summed E-state index contributed by atoms with van der Waals surface area (Å²) in [5.74, 6) is -0.178. The van der Waals surface area contributed by atoms with Gasteiger partial charge in [0, 0.05) is 17.6 Å². The van der Waals surface area contributed by atoms with E-state index in [2.05, 4.69) is 15.9 Å². The average molecular weight is 276 g/mol. The number of hydrogen-bond acceptors (Lipinski definition) is 2. The van der Waals surface area contributed by atoms with Crippen LogP contribution in [0, 0.1) is 5.82 Å². The van der Waals surface area contributed by atoms with E-state index in [1.54, 1.807) is 19.2 Å². The van der Waals surface area contributed by atoms with Gasteiger partial charge in [-0.05, 0) is 36.6 Å². The quantitative estimate of drug-likeness (QED) is 0.896. The highest BCUT2D eigenvalue weighted by Gasteiger charge is 2.06. The molecule has 2 nitrogen and oxygen atoms in total. The van der Waals surface area contributed by atoms with E-state index in [1.807, 2.05) is 0 Å². The van der Waals surface area contributed by atoms with Gasteiger partial charge in [0.1, 0.15) is 5.82 Å². The van der Waals surface area contributed by atoms with Crippen molar-refractivity contribution >= 4 is 15.9 Å². The van der Waals surface area contributed by atoms with Gasteiger partial charge in [0.2, 0.25) is 0 Å². The molecule has 15 heavy (non-hydrogen) atoms. The molecule has 1 aromatic rings. The van der Waals surface area contributed by atoms with Gasteiger partial charge in [0.25, 0.3) is 0 Å². The number of halogens is 2. The highest BCUT2D eigenvalue weighted by Crippen LogP contribution is 2.17. The van der Waals surface area contributed by atoms with Gasteiger partial charge in [-0.15, -0.1) is 0 Å². The van der Waals surface area contributed by atoms with Crippen LogP contribution in [-0.4, -0.2) is 19.8 Å². The Morgan fingerprint density at radius 3 is 2.93 bits per heavy atom. The van der Waals surface area contributed by atoms with Crippen LogP contribution in [0.3, 0.4) is 0 Å². The summed E-state index contributed by atoms with van der Waals surface area (Å²) in [5, 5.41) is 0. The Kier molecular flexibility index (Phi) is 5.22. The van der Waals surface area contributed by atoms with Gasteiger partial charge in [-0.2, -0.15) is 0 Å². The van der Waals surface area contributed by atoms with E-state index in [4.69, 9.17) is 10.5 Å². The lowest BCUT2D eigenvalue weighted by molar-refractivity contribution is 0.177. The van der Waals surface area contributed by atoms with E-state index in [1.165, 1.54) is 6.07 Å². The number of nitrogens with two attached hydrogens (primary N) is 1. The lowest BCUT2D eigenvalue weighted by atomic mass is 10.1. The second-order valence-corrected chi connectivity index (χ2v) is 4.41. The van der Waals surface area contributed by atoms with E-state index in [0.29, 0.717) is 18.6 Å². The number of ether oxygens (including phenoxy) is 1. The predicted molar refractivity (Wildman–Crippen MR) is 62.3 cm³/mol. The largest absolute Gasteiger partial charge is 0.383 e. The fraction of sp³-hybridized carbons (Fsp3) is 0.455. The number of rotatable bonds is 5. The topological polar surface area (TPSA) is 35.2 Å². The molecule has 0 radical (unpaired) electrons. The molecule has 0 saturated carbocycles. The molecule has 84 valence electrons. The molecule has 2 N–H and O–H groups in total. The van der Waals surface area contributed by atoms with Gasteiger partial charge >= 0.3 is 0 Å². The first-order valence-corrected chi connectivity index (χ1v) is 5.61. The number of aryl methyl sites for hydroxylation is 1. The van der Waals surface area contributed by atoms with Crippen molar-refractivity contribution in [3.63, 3.8) is 0 Å². The van der Waals surface area contributed by atoms with Gasteiger partial charge in [-0.1, -0.05) is 15.9 Å². The summed E-state index contributed by atoms with van der Waals surface area (Å²) < 4.78 is 19.1. The molecule has 1 rings (SSSR count). The maximum absolute atomic E-state index is 13.3. The molecule has 0 spiro atoms. The molecule has 0 aromatic heterocycles. The van der Waals surface area contributed by atoms with Crippen LogP contribution < -0.4 is 5.73 Å². The standard InChI is InChI=1S/C11H15BrFNO/c1-15-7-10(14)4-2-8-6-9(12)3-5-11(8)13/h3,5-6,10H,2,4,7,14H2,1H3. The second-order valence-electron chi connectivity index (χ2n) is 3.49. The summed E-state index contributed by atoms with van der Waals surface area (Å²) in [6, 6.07) is 4.90. The third kappa shape index (κ3) is 4.28. The van der Waals surface area contributed by atoms with Crippen molar-refractivity contribution in [2.24, 2.45) is 5.73 Å². The monoisotopic (exact) mass is 275 g/mol. The van der Waals surface area contributed by atoms with Crippen molar-refractivity contribution in [1.29, 1.82) is 0 Å². The molecule has 0 bridgehead atoms. The van der Waals surface area contributed by atoms with Crippen LogP contribution >= 0.6 is 15.9 Å². The fourth-order valence-corrected chi connectivity index (χ4v) is 1.78. The van der Waals surface area contributed by atoms with Crippen molar-refractivity contribution in [3.05, 3.63) is 34.1 Å². The first-order chi connectivity index (χ1) is 7.13. The lowest BCUT2D eigenvalue weighted by Crippen LogP contribution is -2.26. The first-order valence-electron chi connectivity index (χ1n) is 4.82. The Bertz CT molecular complexity index is 319. The minimum absolute atomic E-state index is 0.0339. The molecule has 0 aliphatic heterocycles. The van der Waals surface area contributed by atoms with Crippen molar-refractivity contribution in [2.75, 3.05) is 13.7 Å². The Labute approximate surface area is 97.7 Å². The van der Waals surface area contributed by atoms with Gasteiger partial charge in [0.15, 0.2) is 0 Å². The van der Waals surface area contributed by atoms with Crippen molar-refractivity contribution < 1.29 is 9.13 Å². The highest BCUT2D eigenvalue weighted by atomic mass is 79.9. The van der Waals surface area contributed by atoms with Gasteiger partial charge < -0.3 is 10.5 Å². The third-order valence-electron chi connectivity index (χ3n) is 2.17. The molecule has 4 heteroatoms. The number of methoxy groups -OCH3 is 1. The SMILES string of the molecule is COCC(N)CCc1cc(Br)ccc1F. The first kappa shape index (κ1) is 12.6. The maximum atomic E-state index is 13.3. The van der Waals surface area contributed by atoms with Crippen LogP contribution in [0.15, 0.2) is 22.7 Å². The zero-order valence-electron chi connectivity index (χ0n) is 8.67. The molecular weight excluding hydrogens is 261 g/mol. The molecule has 1 aromatic carbocycles. The predicted octanol–water partition coefficient (Wildman–Crippen LogP) is 2.49. The van der Waals surface area contributed by atoms with E-state index in [9.17, 15) is 4.39 Å². The van der Waals surface area contributed by atoms with E-state index in [0.717, 1.165) is 10.9 Å². The Morgan fingerprint density at radius 2 is 2.27 bits per heavy atom. The van der Waals surface area contributed by atoms with E-state index >= 15 is 0 Å². The summed E-state index contributed by atoms with van der Waals surface area (Å²) in [7, 11) is 1.61. The summed E-state index contributed by atoms with van der Waals surface area (Å²) in [6.07, 6.45) is 1.36. The van der Waals surface area contributed by atoms with Crippen LogP contribution in [0.2, 0.25) is 0 Å². The summed E-state index contributed by atoms with van der Waals surface area (Å²) in [6.45, 7) is 0.510. The summed E-state index contributed by atoms with van der Waals surface area (Å²) in [5.41, 5.74) is 6.45. The smallest absolute Gasteiger partial charge is 0.126 e. The zero-order chi connectivity index (χ0) is 11.3. The van der Waals surface area contributed by atoms with Crippen LogP contribution in [0.4, 0.5) is 4.39 Å². The molecule has 0 amide bonds. The van der Waals surface area contributed by atoms with Gasteiger partial charge in [0.05, 0.1) is 6.61 Å². The molecule has 0 aliphatic carbocycles. The molecule has 0 fully saturated rings. The average Bonchev–Trinajstić information content (AvgIpc) is 2.20. The van der Waals surface area contributed by atoms with Crippen LogP contribution in [-0.2, 0) is 11.2 Å². The molecule has 0 aliphatic rings. The molecule has 1 unspecified atom stereocenters. The molecule has 0 heterocycles. The third-order valence-corrected chi connectivity index (χ3v) is 2.67. The summed E-state index contributed by atoms with van der Waals surface area (Å²) in [4.78, 5) is 0. The molecule has 0 saturated heterocycles. The lowest BCUT2D eigenvalue weighted by Gasteiger charge is -2.10. The molecule has 1 atom stereocenters. The number of hydrogen-bond donors (Lipinski definition) is 1. The maximum Gasteiger partial charge on any atom is 0.126 e. The highest BCUT2D eigenvalue weighted by molar-refractivity contribution is 9.10. The minimum atomic E-state index is -0.178. The zero-order valence-corrected chi connectivity index (χ0v) is 10.3. The van der Waals surface area contributed by atoms with E-state index in [-0.39, 0.29) is 11.9 Å². The Hall–Kier alpha value is -0.450. The molecular formula is C11H15BrFNO. The van der Waals surface area contributed by atoms with Crippen LogP contribution in [0.5, 0.6) is 0 Å². The normalized spacial score (nSPS) is 12.8. The Morgan fingerprint density at radius 1 is 1.53 bits per heavy atom. The van der Waals surface area contributed by atoms with Gasteiger partial charge in [-0.3, -0.25) is 0 Å². The van der Waals surface area contributed by atoms with Crippen molar-refractivity contribution in [1.82, 2.24) is 0 Å². The second kappa shape index (κ2) is 6.20. The summed E-state index contributed by atoms with van der Waals surface area (Å²) >= 11 is 3.31. The van der Waals surface area contributed by atoms with Crippen LogP contribution in [0.1, 0.15) is 12.0 Å². The fourth-order valence-electron chi connectivity index (χ4n) is 1.37. The Balaban J connectivity index is 2.53. The number of benzene rings is 1. The van der Waals surface area contributed by atoms with Crippen LogP contribution in [0.25, 0.3) is 0 Å². The minimum Gasteiger partial charge on any atom is -0.383 e. The van der Waals surface area contributed by atoms with Gasteiger partial charge in [-0.25, -0.2) is 4.39 Å². The van der Waals surface area contributed by atoms with Crippen molar-refractivity contribution in [3.8, 4) is 0 Å². The van der Waals surface area contributed by atoms with E-state index < -0.39 is 0 Å².